The Kier molecular flexibility index (Phi) is 3.43. The zero-order valence-electron chi connectivity index (χ0n) is 9.08. The van der Waals surface area contributed by atoms with Gasteiger partial charge in [-0.15, -0.1) is 0 Å². The maximum Gasteiger partial charge on any atom is 0.128 e. The van der Waals surface area contributed by atoms with Crippen LogP contribution >= 0.6 is 0 Å². The molecule has 1 aromatic heterocycles. The largest absolute Gasteiger partial charge is 0.384 e. The Labute approximate surface area is 91.1 Å². The van der Waals surface area contributed by atoms with Gasteiger partial charge in [0.15, 0.2) is 0 Å². The molecule has 0 atom stereocenters. The molecule has 3 heteroatoms. The molecule has 15 heavy (non-hydrogen) atoms. The van der Waals surface area contributed by atoms with Crippen LogP contribution in [-0.2, 0) is 0 Å². The minimum atomic E-state index is 0.585. The van der Waals surface area contributed by atoms with E-state index in [1.165, 1.54) is 38.5 Å². The Hall–Kier alpha value is -1.25. The van der Waals surface area contributed by atoms with Crippen LogP contribution in [0.5, 0.6) is 0 Å². The second-order valence-electron chi connectivity index (χ2n) is 4.28. The van der Waals surface area contributed by atoms with Crippen molar-refractivity contribution in [3.8, 4) is 0 Å². The predicted octanol–water partition coefficient (Wildman–Crippen LogP) is 2.80. The van der Waals surface area contributed by atoms with E-state index >= 15 is 0 Å². The first kappa shape index (κ1) is 10.3. The lowest BCUT2D eigenvalue weighted by Gasteiger charge is -2.16. The summed E-state index contributed by atoms with van der Waals surface area (Å²) in [6.45, 7) is 0. The van der Waals surface area contributed by atoms with Crippen LogP contribution in [0.25, 0.3) is 0 Å². The highest BCUT2D eigenvalue weighted by molar-refractivity contribution is 5.42. The first-order chi connectivity index (χ1) is 7.34. The molecule has 1 aromatic rings. The SMILES string of the molecule is Nc1cccc(NC2CCCCCC2)n1. The number of hydrogen-bond donors (Lipinski definition) is 2. The van der Waals surface area contributed by atoms with Gasteiger partial charge in [-0.25, -0.2) is 4.98 Å². The summed E-state index contributed by atoms with van der Waals surface area (Å²) in [6, 6.07) is 6.34. The van der Waals surface area contributed by atoms with Crippen LogP contribution in [-0.4, -0.2) is 11.0 Å². The van der Waals surface area contributed by atoms with Gasteiger partial charge in [0, 0.05) is 6.04 Å². The van der Waals surface area contributed by atoms with Crippen molar-refractivity contribution in [2.75, 3.05) is 11.1 Å². The second kappa shape index (κ2) is 5.01. The molecule has 1 aliphatic rings. The summed E-state index contributed by atoms with van der Waals surface area (Å²) in [4.78, 5) is 4.26. The Bertz CT molecular complexity index is 303. The number of aromatic nitrogens is 1. The van der Waals surface area contributed by atoms with Crippen molar-refractivity contribution in [2.45, 2.75) is 44.6 Å². The number of hydrogen-bond acceptors (Lipinski definition) is 3. The van der Waals surface area contributed by atoms with Crippen molar-refractivity contribution in [3.63, 3.8) is 0 Å². The molecule has 0 saturated heterocycles. The van der Waals surface area contributed by atoms with Crippen molar-refractivity contribution >= 4 is 11.6 Å². The maximum atomic E-state index is 5.64. The van der Waals surface area contributed by atoms with Crippen LogP contribution in [0, 0.1) is 0 Å². The molecule has 2 rings (SSSR count). The molecule has 1 heterocycles. The third-order valence-electron chi connectivity index (χ3n) is 2.98. The summed E-state index contributed by atoms with van der Waals surface area (Å²) in [5.41, 5.74) is 5.64. The van der Waals surface area contributed by atoms with Gasteiger partial charge in [-0.05, 0) is 25.0 Å². The molecular formula is C12H19N3. The highest BCUT2D eigenvalue weighted by atomic mass is 15.0. The normalized spacial score (nSPS) is 18.4. The average molecular weight is 205 g/mol. The van der Waals surface area contributed by atoms with E-state index in [0.29, 0.717) is 11.9 Å². The molecule has 1 aliphatic carbocycles. The fourth-order valence-electron chi connectivity index (χ4n) is 2.16. The summed E-state index contributed by atoms with van der Waals surface area (Å²) < 4.78 is 0. The molecule has 0 amide bonds. The minimum Gasteiger partial charge on any atom is -0.384 e. The number of nitrogens with zero attached hydrogens (tertiary/aromatic N) is 1. The number of nitrogens with one attached hydrogen (secondary N) is 1. The van der Waals surface area contributed by atoms with E-state index in [-0.39, 0.29) is 0 Å². The Morgan fingerprint density at radius 2 is 1.87 bits per heavy atom. The zero-order chi connectivity index (χ0) is 10.5. The van der Waals surface area contributed by atoms with Gasteiger partial charge in [0.2, 0.25) is 0 Å². The number of pyridine rings is 1. The lowest BCUT2D eigenvalue weighted by Crippen LogP contribution is -2.19. The van der Waals surface area contributed by atoms with Gasteiger partial charge in [-0.1, -0.05) is 31.7 Å². The number of rotatable bonds is 2. The van der Waals surface area contributed by atoms with E-state index in [9.17, 15) is 0 Å². The van der Waals surface area contributed by atoms with Crippen LogP contribution in [0.3, 0.4) is 0 Å². The maximum absolute atomic E-state index is 5.64. The fraction of sp³-hybridized carbons (Fsp3) is 0.583. The lowest BCUT2D eigenvalue weighted by atomic mass is 10.1. The van der Waals surface area contributed by atoms with E-state index in [1.54, 1.807) is 0 Å². The van der Waals surface area contributed by atoms with Crippen molar-refractivity contribution in [3.05, 3.63) is 18.2 Å². The summed E-state index contributed by atoms with van der Waals surface area (Å²) >= 11 is 0. The molecule has 0 spiro atoms. The van der Waals surface area contributed by atoms with Gasteiger partial charge in [0.05, 0.1) is 0 Å². The minimum absolute atomic E-state index is 0.585. The molecule has 0 bridgehead atoms. The third kappa shape index (κ3) is 3.11. The summed E-state index contributed by atoms with van der Waals surface area (Å²) in [7, 11) is 0. The standard InChI is InChI=1S/C12H19N3/c13-11-8-5-9-12(15-11)14-10-6-3-1-2-4-7-10/h5,8-10H,1-4,6-7H2,(H3,13,14,15). The molecule has 1 fully saturated rings. The molecule has 0 unspecified atom stereocenters. The molecular weight excluding hydrogens is 186 g/mol. The van der Waals surface area contributed by atoms with E-state index in [1.807, 2.05) is 18.2 Å². The fourth-order valence-corrected chi connectivity index (χ4v) is 2.16. The Balaban J connectivity index is 1.95. The molecule has 3 N–H and O–H groups in total. The molecule has 1 saturated carbocycles. The summed E-state index contributed by atoms with van der Waals surface area (Å²) in [5, 5.41) is 3.47. The number of nitrogens with two attached hydrogens (primary N) is 1. The average Bonchev–Trinajstić information content (AvgIpc) is 2.46. The van der Waals surface area contributed by atoms with Crippen LogP contribution < -0.4 is 11.1 Å². The highest BCUT2D eigenvalue weighted by Gasteiger charge is 2.11. The predicted molar refractivity (Wildman–Crippen MR) is 63.8 cm³/mol. The van der Waals surface area contributed by atoms with Gasteiger partial charge in [0.1, 0.15) is 11.6 Å². The summed E-state index contributed by atoms with van der Waals surface area (Å²) in [5.74, 6) is 1.51. The van der Waals surface area contributed by atoms with Gasteiger partial charge >= 0.3 is 0 Å². The quantitative estimate of drug-likeness (QED) is 0.730. The van der Waals surface area contributed by atoms with E-state index in [4.69, 9.17) is 5.73 Å². The smallest absolute Gasteiger partial charge is 0.128 e. The topological polar surface area (TPSA) is 50.9 Å². The van der Waals surface area contributed by atoms with Crippen molar-refractivity contribution in [2.24, 2.45) is 0 Å². The van der Waals surface area contributed by atoms with E-state index in [2.05, 4.69) is 10.3 Å². The number of nitrogen functional groups attached to an aromatic ring is 1. The van der Waals surface area contributed by atoms with Crippen LogP contribution in [0.1, 0.15) is 38.5 Å². The van der Waals surface area contributed by atoms with Crippen LogP contribution in [0.15, 0.2) is 18.2 Å². The zero-order valence-corrected chi connectivity index (χ0v) is 9.08. The monoisotopic (exact) mass is 205 g/mol. The summed E-state index contributed by atoms with van der Waals surface area (Å²) in [6.07, 6.45) is 7.94. The van der Waals surface area contributed by atoms with Crippen LogP contribution in [0.2, 0.25) is 0 Å². The van der Waals surface area contributed by atoms with Crippen molar-refractivity contribution in [1.29, 1.82) is 0 Å². The molecule has 82 valence electrons. The first-order valence-corrected chi connectivity index (χ1v) is 5.84. The Morgan fingerprint density at radius 1 is 1.13 bits per heavy atom. The van der Waals surface area contributed by atoms with Gasteiger partial charge in [-0.3, -0.25) is 0 Å². The first-order valence-electron chi connectivity index (χ1n) is 5.84. The lowest BCUT2D eigenvalue weighted by molar-refractivity contribution is 0.618. The van der Waals surface area contributed by atoms with Gasteiger partial charge in [0.25, 0.3) is 0 Å². The van der Waals surface area contributed by atoms with E-state index in [0.717, 1.165) is 5.82 Å². The third-order valence-corrected chi connectivity index (χ3v) is 2.98. The van der Waals surface area contributed by atoms with Gasteiger partial charge in [-0.2, -0.15) is 0 Å². The molecule has 3 nitrogen and oxygen atoms in total. The highest BCUT2D eigenvalue weighted by Crippen LogP contribution is 2.20. The molecule has 0 radical (unpaired) electrons. The van der Waals surface area contributed by atoms with Crippen molar-refractivity contribution < 1.29 is 0 Å². The van der Waals surface area contributed by atoms with E-state index < -0.39 is 0 Å². The Morgan fingerprint density at radius 3 is 2.53 bits per heavy atom. The van der Waals surface area contributed by atoms with Crippen LogP contribution in [0.4, 0.5) is 11.6 Å². The van der Waals surface area contributed by atoms with Gasteiger partial charge < -0.3 is 11.1 Å². The van der Waals surface area contributed by atoms with Crippen molar-refractivity contribution in [1.82, 2.24) is 4.98 Å². The molecule has 0 aliphatic heterocycles. The molecule has 0 aromatic carbocycles. The number of anilines is 2. The second-order valence-corrected chi connectivity index (χ2v) is 4.28.